The summed E-state index contributed by atoms with van der Waals surface area (Å²) in [6, 6.07) is 5.87. The molecule has 0 aliphatic rings. The summed E-state index contributed by atoms with van der Waals surface area (Å²) in [4.78, 5) is 13.4. The van der Waals surface area contributed by atoms with Gasteiger partial charge in [-0.25, -0.2) is 0 Å². The van der Waals surface area contributed by atoms with Crippen molar-refractivity contribution >= 4 is 23.1 Å². The van der Waals surface area contributed by atoms with Gasteiger partial charge in [-0.2, -0.15) is 10.2 Å². The molecular formula is C19H25N5OS. The number of aromatic nitrogens is 4. The molecule has 0 aromatic carbocycles. The number of nitrogens with one attached hydrogen (secondary N) is 2. The Morgan fingerprint density at radius 2 is 2.19 bits per heavy atom. The monoisotopic (exact) mass is 371 g/mol. The highest BCUT2D eigenvalue weighted by Crippen LogP contribution is 2.24. The van der Waals surface area contributed by atoms with Gasteiger partial charge >= 0.3 is 0 Å². The van der Waals surface area contributed by atoms with E-state index in [1.807, 2.05) is 35.2 Å². The van der Waals surface area contributed by atoms with Crippen molar-refractivity contribution in [3.05, 3.63) is 40.5 Å². The standard InChI is InChI=1S/C19H25N5OS/c1-12(2)11-24-14(4)15(13(3)23-24)7-8-19(25)20-18-10-16(21-22-18)17-6-5-9-26-17/h5-6,9-10,12H,7-8,11H2,1-4H3,(H2,20,21,22,25). The van der Waals surface area contributed by atoms with E-state index in [4.69, 9.17) is 0 Å². The Morgan fingerprint density at radius 1 is 1.38 bits per heavy atom. The van der Waals surface area contributed by atoms with Gasteiger partial charge < -0.3 is 5.32 Å². The molecule has 6 nitrogen and oxygen atoms in total. The normalized spacial score (nSPS) is 11.3. The summed E-state index contributed by atoms with van der Waals surface area (Å²) in [6.45, 7) is 9.35. The molecule has 3 rings (SSSR count). The van der Waals surface area contributed by atoms with Crippen LogP contribution in [0.15, 0.2) is 23.6 Å². The predicted octanol–water partition coefficient (Wildman–Crippen LogP) is 4.18. The first-order valence-corrected chi connectivity index (χ1v) is 9.74. The van der Waals surface area contributed by atoms with Crippen molar-refractivity contribution in [3.63, 3.8) is 0 Å². The fourth-order valence-electron chi connectivity index (χ4n) is 3.01. The Morgan fingerprint density at radius 3 is 2.88 bits per heavy atom. The first kappa shape index (κ1) is 18.4. The first-order valence-electron chi connectivity index (χ1n) is 8.86. The first-order chi connectivity index (χ1) is 12.4. The molecule has 0 fully saturated rings. The van der Waals surface area contributed by atoms with Crippen LogP contribution in [0.3, 0.4) is 0 Å². The average molecular weight is 372 g/mol. The topological polar surface area (TPSA) is 75.6 Å². The summed E-state index contributed by atoms with van der Waals surface area (Å²) in [5.74, 6) is 1.06. The minimum atomic E-state index is -0.0374. The minimum Gasteiger partial charge on any atom is -0.309 e. The summed E-state index contributed by atoms with van der Waals surface area (Å²) in [5.41, 5.74) is 4.25. The van der Waals surface area contributed by atoms with Crippen LogP contribution in [0.5, 0.6) is 0 Å². The maximum Gasteiger partial charge on any atom is 0.225 e. The summed E-state index contributed by atoms with van der Waals surface area (Å²) >= 11 is 1.63. The quantitative estimate of drug-likeness (QED) is 0.654. The molecule has 26 heavy (non-hydrogen) atoms. The highest BCUT2D eigenvalue weighted by molar-refractivity contribution is 7.13. The number of aryl methyl sites for hydroxylation is 1. The molecule has 0 spiro atoms. The lowest BCUT2D eigenvalue weighted by molar-refractivity contribution is -0.116. The molecule has 0 unspecified atom stereocenters. The van der Waals surface area contributed by atoms with Gasteiger partial charge in [0.2, 0.25) is 5.91 Å². The number of nitrogens with zero attached hydrogens (tertiary/aromatic N) is 3. The maximum absolute atomic E-state index is 12.3. The summed E-state index contributed by atoms with van der Waals surface area (Å²) in [7, 11) is 0. The van der Waals surface area contributed by atoms with Gasteiger partial charge in [0.1, 0.15) is 0 Å². The van der Waals surface area contributed by atoms with Crippen LogP contribution in [0.25, 0.3) is 10.6 Å². The van der Waals surface area contributed by atoms with Gasteiger partial charge in [-0.15, -0.1) is 11.3 Å². The van der Waals surface area contributed by atoms with E-state index in [-0.39, 0.29) is 5.91 Å². The van der Waals surface area contributed by atoms with Gasteiger partial charge in [0.25, 0.3) is 0 Å². The van der Waals surface area contributed by atoms with Crippen molar-refractivity contribution in [1.29, 1.82) is 0 Å². The molecule has 0 saturated heterocycles. The van der Waals surface area contributed by atoms with Gasteiger partial charge in [-0.1, -0.05) is 19.9 Å². The van der Waals surface area contributed by atoms with Crippen molar-refractivity contribution < 1.29 is 4.79 Å². The Kier molecular flexibility index (Phi) is 5.56. The number of hydrogen-bond donors (Lipinski definition) is 2. The molecule has 0 atom stereocenters. The van der Waals surface area contributed by atoms with Gasteiger partial charge in [0.15, 0.2) is 5.82 Å². The molecular weight excluding hydrogens is 346 g/mol. The summed E-state index contributed by atoms with van der Waals surface area (Å²) in [5, 5.41) is 16.6. The van der Waals surface area contributed by atoms with Gasteiger partial charge in [-0.05, 0) is 43.2 Å². The van der Waals surface area contributed by atoms with Gasteiger partial charge in [0.05, 0.1) is 16.3 Å². The zero-order chi connectivity index (χ0) is 18.7. The fourth-order valence-corrected chi connectivity index (χ4v) is 3.70. The van der Waals surface area contributed by atoms with Crippen LogP contribution in [-0.2, 0) is 17.8 Å². The maximum atomic E-state index is 12.3. The Labute approximate surface area is 157 Å². The largest absolute Gasteiger partial charge is 0.309 e. The van der Waals surface area contributed by atoms with Crippen LogP contribution in [0.4, 0.5) is 5.82 Å². The van der Waals surface area contributed by atoms with Gasteiger partial charge in [-0.3, -0.25) is 14.6 Å². The molecule has 0 radical (unpaired) electrons. The van der Waals surface area contributed by atoms with Crippen molar-refractivity contribution in [3.8, 4) is 10.6 Å². The van der Waals surface area contributed by atoms with Crippen LogP contribution in [0, 0.1) is 19.8 Å². The van der Waals surface area contributed by atoms with Crippen LogP contribution in [0.1, 0.15) is 37.2 Å². The summed E-state index contributed by atoms with van der Waals surface area (Å²) in [6.07, 6.45) is 1.10. The molecule has 0 saturated carbocycles. The molecule has 0 aliphatic heterocycles. The highest BCUT2D eigenvalue weighted by Gasteiger charge is 2.14. The third kappa shape index (κ3) is 4.22. The SMILES string of the molecule is Cc1nn(CC(C)C)c(C)c1CCC(=O)Nc1cc(-c2cccs2)[nH]n1. The smallest absolute Gasteiger partial charge is 0.225 e. The predicted molar refractivity (Wildman–Crippen MR) is 105 cm³/mol. The van der Waals surface area contributed by atoms with E-state index in [0.717, 1.165) is 28.5 Å². The van der Waals surface area contributed by atoms with Crippen LogP contribution in [-0.4, -0.2) is 25.9 Å². The zero-order valence-corrected chi connectivity index (χ0v) is 16.5. The molecule has 7 heteroatoms. The van der Waals surface area contributed by atoms with E-state index in [2.05, 4.69) is 41.4 Å². The van der Waals surface area contributed by atoms with E-state index >= 15 is 0 Å². The van der Waals surface area contributed by atoms with Gasteiger partial charge in [0, 0.05) is 24.7 Å². The molecule has 138 valence electrons. The number of anilines is 1. The zero-order valence-electron chi connectivity index (χ0n) is 15.7. The molecule has 1 amide bonds. The third-order valence-corrected chi connectivity index (χ3v) is 5.21. The van der Waals surface area contributed by atoms with Crippen LogP contribution >= 0.6 is 11.3 Å². The number of amides is 1. The molecule has 3 aromatic heterocycles. The number of rotatable bonds is 7. The Hall–Kier alpha value is -2.41. The van der Waals surface area contributed by atoms with E-state index in [9.17, 15) is 4.79 Å². The van der Waals surface area contributed by atoms with E-state index in [1.165, 1.54) is 5.56 Å². The van der Waals surface area contributed by atoms with Crippen molar-refractivity contribution in [2.24, 2.45) is 5.92 Å². The average Bonchev–Trinajstić information content (AvgIpc) is 3.28. The molecule has 3 aromatic rings. The third-order valence-electron chi connectivity index (χ3n) is 4.30. The number of carbonyl (C=O) groups is 1. The van der Waals surface area contributed by atoms with Crippen molar-refractivity contribution in [2.45, 2.75) is 47.1 Å². The van der Waals surface area contributed by atoms with E-state index < -0.39 is 0 Å². The second-order valence-electron chi connectivity index (χ2n) is 6.92. The van der Waals surface area contributed by atoms with Crippen LogP contribution in [0.2, 0.25) is 0 Å². The lowest BCUT2D eigenvalue weighted by Crippen LogP contribution is -2.13. The lowest BCUT2D eigenvalue weighted by atomic mass is 10.1. The number of thiophene rings is 1. The Bertz CT molecular complexity index is 876. The number of H-pyrrole nitrogens is 1. The molecule has 3 heterocycles. The summed E-state index contributed by atoms with van der Waals surface area (Å²) < 4.78 is 2.05. The second-order valence-corrected chi connectivity index (χ2v) is 7.87. The molecule has 0 bridgehead atoms. The second kappa shape index (κ2) is 7.86. The van der Waals surface area contributed by atoms with Crippen molar-refractivity contribution in [1.82, 2.24) is 20.0 Å². The minimum absolute atomic E-state index is 0.0374. The number of hydrogen-bond acceptors (Lipinski definition) is 4. The van der Waals surface area contributed by atoms with Crippen molar-refractivity contribution in [2.75, 3.05) is 5.32 Å². The van der Waals surface area contributed by atoms with Crippen LogP contribution < -0.4 is 5.32 Å². The van der Waals surface area contributed by atoms with E-state index in [0.29, 0.717) is 24.6 Å². The Balaban J connectivity index is 1.59. The lowest BCUT2D eigenvalue weighted by Gasteiger charge is -2.08. The van der Waals surface area contributed by atoms with E-state index in [1.54, 1.807) is 11.3 Å². The number of aromatic amines is 1. The molecule has 0 aliphatic carbocycles. The molecule has 2 N–H and O–H groups in total. The number of carbonyl (C=O) groups excluding carboxylic acids is 1. The highest BCUT2D eigenvalue weighted by atomic mass is 32.1. The fraction of sp³-hybridized carbons (Fsp3) is 0.421.